The van der Waals surface area contributed by atoms with Gasteiger partial charge in [-0.05, 0) is 56.1 Å². The van der Waals surface area contributed by atoms with Gasteiger partial charge >= 0.3 is 0 Å². The molecular weight excluding hydrogens is 270 g/mol. The molecule has 2 aromatic rings. The topological polar surface area (TPSA) is 24.9 Å². The van der Waals surface area contributed by atoms with Gasteiger partial charge in [-0.1, -0.05) is 13.0 Å². The molecule has 2 rings (SSSR count). The van der Waals surface area contributed by atoms with Gasteiger partial charge in [0.15, 0.2) is 0 Å². The molecule has 0 aliphatic carbocycles. The summed E-state index contributed by atoms with van der Waals surface area (Å²) in [4.78, 5) is 4.27. The van der Waals surface area contributed by atoms with Gasteiger partial charge in [-0.2, -0.15) is 0 Å². The van der Waals surface area contributed by atoms with Crippen LogP contribution in [0.15, 0.2) is 42.6 Å². The Hall–Kier alpha value is -1.81. The molecule has 0 saturated heterocycles. The highest BCUT2D eigenvalue weighted by Crippen LogP contribution is 2.23. The maximum Gasteiger partial charge on any atom is 0.128 e. The predicted octanol–water partition coefficient (Wildman–Crippen LogP) is 4.03. The molecule has 1 aromatic heterocycles. The number of pyridine rings is 1. The molecular formula is C17H20F2N2. The Bertz CT molecular complexity index is 558. The monoisotopic (exact) mass is 290 g/mol. The SMILES string of the molecule is CCCNC(CCc1ccccn1)c1cc(F)ccc1F. The van der Waals surface area contributed by atoms with Crippen LogP contribution in [0.3, 0.4) is 0 Å². The van der Waals surface area contributed by atoms with E-state index in [-0.39, 0.29) is 11.9 Å². The number of nitrogens with one attached hydrogen (secondary N) is 1. The molecule has 0 saturated carbocycles. The largest absolute Gasteiger partial charge is 0.310 e. The smallest absolute Gasteiger partial charge is 0.128 e. The number of aromatic nitrogens is 1. The highest BCUT2D eigenvalue weighted by molar-refractivity contribution is 5.22. The van der Waals surface area contributed by atoms with E-state index in [2.05, 4.69) is 10.3 Å². The van der Waals surface area contributed by atoms with Crippen molar-refractivity contribution in [2.45, 2.75) is 32.2 Å². The third-order valence-corrected chi connectivity index (χ3v) is 3.39. The second-order valence-electron chi connectivity index (χ2n) is 5.03. The molecule has 4 heteroatoms. The van der Waals surface area contributed by atoms with Crippen LogP contribution in [-0.2, 0) is 6.42 Å². The Balaban J connectivity index is 2.12. The van der Waals surface area contributed by atoms with Gasteiger partial charge in [0.25, 0.3) is 0 Å². The van der Waals surface area contributed by atoms with Gasteiger partial charge < -0.3 is 5.32 Å². The number of nitrogens with zero attached hydrogens (tertiary/aromatic N) is 1. The molecule has 1 unspecified atom stereocenters. The number of halogens is 2. The summed E-state index contributed by atoms with van der Waals surface area (Å²) in [6.45, 7) is 2.81. The fraction of sp³-hybridized carbons (Fsp3) is 0.353. The summed E-state index contributed by atoms with van der Waals surface area (Å²) in [6, 6.07) is 9.14. The minimum absolute atomic E-state index is 0.206. The zero-order chi connectivity index (χ0) is 15.1. The lowest BCUT2D eigenvalue weighted by Crippen LogP contribution is -2.24. The average Bonchev–Trinajstić information content (AvgIpc) is 2.51. The van der Waals surface area contributed by atoms with Gasteiger partial charge in [-0.25, -0.2) is 8.78 Å². The van der Waals surface area contributed by atoms with Crippen molar-refractivity contribution in [2.24, 2.45) is 0 Å². The predicted molar refractivity (Wildman–Crippen MR) is 80.0 cm³/mol. The van der Waals surface area contributed by atoms with Gasteiger partial charge in [-0.3, -0.25) is 4.98 Å². The Morgan fingerprint density at radius 2 is 2.05 bits per heavy atom. The first kappa shape index (κ1) is 15.6. The molecule has 21 heavy (non-hydrogen) atoms. The van der Waals surface area contributed by atoms with E-state index in [1.165, 1.54) is 12.1 Å². The highest BCUT2D eigenvalue weighted by atomic mass is 19.1. The standard InChI is InChI=1S/C17H20F2N2/c1-2-10-21-17(9-7-14-5-3-4-11-20-14)15-12-13(18)6-8-16(15)19/h3-6,8,11-12,17,21H,2,7,9-10H2,1H3. The zero-order valence-electron chi connectivity index (χ0n) is 12.2. The van der Waals surface area contributed by atoms with E-state index >= 15 is 0 Å². The molecule has 1 N–H and O–H groups in total. The van der Waals surface area contributed by atoms with Crippen molar-refractivity contribution in [2.75, 3.05) is 6.54 Å². The average molecular weight is 290 g/mol. The molecule has 0 spiro atoms. The number of rotatable bonds is 7. The Morgan fingerprint density at radius 3 is 2.76 bits per heavy atom. The van der Waals surface area contributed by atoms with E-state index in [4.69, 9.17) is 0 Å². The molecule has 0 bridgehead atoms. The van der Waals surface area contributed by atoms with Gasteiger partial charge in [0.05, 0.1) is 0 Å². The van der Waals surface area contributed by atoms with Crippen LogP contribution >= 0.6 is 0 Å². The summed E-state index contributed by atoms with van der Waals surface area (Å²) in [5.41, 5.74) is 1.34. The van der Waals surface area contributed by atoms with E-state index < -0.39 is 5.82 Å². The van der Waals surface area contributed by atoms with Gasteiger partial charge in [0.2, 0.25) is 0 Å². The Labute approximate surface area is 124 Å². The van der Waals surface area contributed by atoms with E-state index in [9.17, 15) is 8.78 Å². The Morgan fingerprint density at radius 1 is 1.19 bits per heavy atom. The minimum Gasteiger partial charge on any atom is -0.310 e. The molecule has 0 fully saturated rings. The lowest BCUT2D eigenvalue weighted by molar-refractivity contribution is 0.467. The first-order chi connectivity index (χ1) is 10.2. The second-order valence-corrected chi connectivity index (χ2v) is 5.03. The number of hydrogen-bond donors (Lipinski definition) is 1. The summed E-state index contributed by atoms with van der Waals surface area (Å²) in [6.07, 6.45) is 4.08. The molecule has 112 valence electrons. The third kappa shape index (κ3) is 4.60. The third-order valence-electron chi connectivity index (χ3n) is 3.39. The van der Waals surface area contributed by atoms with E-state index in [1.807, 2.05) is 25.1 Å². The Kier molecular flexibility index (Phi) is 5.81. The molecule has 2 nitrogen and oxygen atoms in total. The normalized spacial score (nSPS) is 12.3. The summed E-state index contributed by atoms with van der Waals surface area (Å²) in [7, 11) is 0. The molecule has 1 atom stereocenters. The van der Waals surface area contributed by atoms with Gasteiger partial charge in [0, 0.05) is 23.5 Å². The quantitative estimate of drug-likeness (QED) is 0.832. The van der Waals surface area contributed by atoms with Crippen molar-refractivity contribution in [3.63, 3.8) is 0 Å². The van der Waals surface area contributed by atoms with Crippen LogP contribution in [0.1, 0.15) is 37.1 Å². The van der Waals surface area contributed by atoms with E-state index in [0.717, 1.165) is 31.1 Å². The molecule has 0 radical (unpaired) electrons. The summed E-state index contributed by atoms with van der Waals surface area (Å²) in [5, 5.41) is 3.29. The molecule has 0 amide bonds. The molecule has 1 heterocycles. The number of hydrogen-bond acceptors (Lipinski definition) is 2. The second kappa shape index (κ2) is 7.84. The van der Waals surface area contributed by atoms with Crippen molar-refractivity contribution >= 4 is 0 Å². The summed E-state index contributed by atoms with van der Waals surface area (Å²) >= 11 is 0. The fourth-order valence-electron chi connectivity index (χ4n) is 2.31. The lowest BCUT2D eigenvalue weighted by atomic mass is 9.99. The maximum absolute atomic E-state index is 14.0. The van der Waals surface area contributed by atoms with Crippen molar-refractivity contribution in [1.82, 2.24) is 10.3 Å². The van der Waals surface area contributed by atoms with Gasteiger partial charge in [-0.15, -0.1) is 0 Å². The van der Waals surface area contributed by atoms with Crippen molar-refractivity contribution in [3.05, 3.63) is 65.5 Å². The van der Waals surface area contributed by atoms with Crippen LogP contribution in [-0.4, -0.2) is 11.5 Å². The van der Waals surface area contributed by atoms with Crippen LogP contribution in [0.4, 0.5) is 8.78 Å². The molecule has 1 aromatic carbocycles. The van der Waals surface area contributed by atoms with Crippen LogP contribution in [0.2, 0.25) is 0 Å². The zero-order valence-corrected chi connectivity index (χ0v) is 12.2. The van der Waals surface area contributed by atoms with E-state index in [0.29, 0.717) is 12.0 Å². The van der Waals surface area contributed by atoms with Crippen molar-refractivity contribution in [3.8, 4) is 0 Å². The van der Waals surface area contributed by atoms with Crippen LogP contribution in [0.25, 0.3) is 0 Å². The van der Waals surface area contributed by atoms with Crippen LogP contribution < -0.4 is 5.32 Å². The maximum atomic E-state index is 14.0. The first-order valence-electron chi connectivity index (χ1n) is 7.29. The van der Waals surface area contributed by atoms with E-state index in [1.54, 1.807) is 6.20 Å². The van der Waals surface area contributed by atoms with Crippen LogP contribution in [0, 0.1) is 11.6 Å². The first-order valence-corrected chi connectivity index (χ1v) is 7.29. The summed E-state index contributed by atoms with van der Waals surface area (Å²) < 4.78 is 27.3. The fourth-order valence-corrected chi connectivity index (χ4v) is 2.31. The minimum atomic E-state index is -0.410. The molecule has 0 aliphatic rings. The number of aryl methyl sites for hydroxylation is 1. The van der Waals surface area contributed by atoms with Crippen molar-refractivity contribution in [1.29, 1.82) is 0 Å². The van der Waals surface area contributed by atoms with Gasteiger partial charge in [0.1, 0.15) is 11.6 Å². The number of benzene rings is 1. The van der Waals surface area contributed by atoms with Crippen molar-refractivity contribution < 1.29 is 8.78 Å². The lowest BCUT2D eigenvalue weighted by Gasteiger charge is -2.19. The van der Waals surface area contributed by atoms with Crippen LogP contribution in [0.5, 0.6) is 0 Å². The molecule has 0 aliphatic heterocycles. The summed E-state index contributed by atoms with van der Waals surface area (Å²) in [5.74, 6) is -0.779. The highest BCUT2D eigenvalue weighted by Gasteiger charge is 2.16.